The van der Waals surface area contributed by atoms with E-state index in [4.69, 9.17) is 10.2 Å². The highest BCUT2D eigenvalue weighted by molar-refractivity contribution is 5.92. The van der Waals surface area contributed by atoms with Crippen molar-refractivity contribution in [1.82, 2.24) is 5.32 Å². The molecule has 0 saturated heterocycles. The van der Waals surface area contributed by atoms with E-state index in [0.29, 0.717) is 18.1 Å². The van der Waals surface area contributed by atoms with E-state index in [-0.39, 0.29) is 11.4 Å². The average Bonchev–Trinajstić information content (AvgIpc) is 2.71. The zero-order valence-corrected chi connectivity index (χ0v) is 8.17. The van der Waals surface area contributed by atoms with Gasteiger partial charge < -0.3 is 15.5 Å². The maximum atomic E-state index is 11.6. The van der Waals surface area contributed by atoms with Gasteiger partial charge in [-0.3, -0.25) is 4.79 Å². The number of hydrogen-bond donors (Lipinski definition) is 2. The normalized spacial score (nSPS) is 17.9. The number of carbonyl (C=O) groups is 1. The topological polar surface area (TPSA) is 68.3 Å². The summed E-state index contributed by atoms with van der Waals surface area (Å²) >= 11 is 0. The summed E-state index contributed by atoms with van der Waals surface area (Å²) in [4.78, 5) is 11.6. The molecule has 4 nitrogen and oxygen atoms in total. The Labute approximate surface area is 82.5 Å². The molecule has 1 aromatic heterocycles. The minimum absolute atomic E-state index is 0.00719. The molecule has 0 radical (unpaired) electrons. The maximum Gasteiger partial charge on any atom is 0.287 e. The fourth-order valence-corrected chi connectivity index (χ4v) is 1.26. The molecule has 1 amide bonds. The van der Waals surface area contributed by atoms with Crippen LogP contribution in [0.5, 0.6) is 0 Å². The number of nitrogens with one attached hydrogen (secondary N) is 1. The van der Waals surface area contributed by atoms with Crippen LogP contribution in [0.15, 0.2) is 16.5 Å². The molecule has 1 saturated carbocycles. The SMILES string of the molecule is CC1(NC(=O)c2ccc(CN)o2)CC1. The maximum absolute atomic E-state index is 11.6. The van der Waals surface area contributed by atoms with Crippen LogP contribution in [0.25, 0.3) is 0 Å². The lowest BCUT2D eigenvalue weighted by atomic mass is 10.3. The van der Waals surface area contributed by atoms with Crippen LogP contribution in [-0.4, -0.2) is 11.4 Å². The van der Waals surface area contributed by atoms with Crippen molar-refractivity contribution in [3.63, 3.8) is 0 Å². The van der Waals surface area contributed by atoms with E-state index in [1.807, 2.05) is 6.92 Å². The Balaban J connectivity index is 2.03. The van der Waals surface area contributed by atoms with Gasteiger partial charge in [0.1, 0.15) is 5.76 Å². The number of nitrogens with two attached hydrogens (primary N) is 1. The third-order valence-electron chi connectivity index (χ3n) is 2.50. The van der Waals surface area contributed by atoms with Crippen LogP contribution in [0.1, 0.15) is 36.1 Å². The Kier molecular flexibility index (Phi) is 2.07. The molecule has 0 unspecified atom stereocenters. The highest BCUT2D eigenvalue weighted by atomic mass is 16.4. The summed E-state index contributed by atoms with van der Waals surface area (Å²) in [6.45, 7) is 2.35. The Hall–Kier alpha value is -1.29. The minimum Gasteiger partial charge on any atom is -0.455 e. The van der Waals surface area contributed by atoms with E-state index in [0.717, 1.165) is 12.8 Å². The molecule has 1 aliphatic carbocycles. The molecule has 1 aliphatic rings. The van der Waals surface area contributed by atoms with E-state index >= 15 is 0 Å². The molecule has 1 heterocycles. The largest absolute Gasteiger partial charge is 0.455 e. The van der Waals surface area contributed by atoms with Crippen molar-refractivity contribution < 1.29 is 9.21 Å². The third kappa shape index (κ3) is 1.80. The van der Waals surface area contributed by atoms with Gasteiger partial charge in [0.2, 0.25) is 0 Å². The molecule has 0 atom stereocenters. The molecule has 0 aromatic carbocycles. The van der Waals surface area contributed by atoms with Crippen molar-refractivity contribution in [2.24, 2.45) is 5.73 Å². The van der Waals surface area contributed by atoms with Crippen LogP contribution in [0.4, 0.5) is 0 Å². The molecule has 3 N–H and O–H groups in total. The highest BCUT2D eigenvalue weighted by Gasteiger charge is 2.39. The van der Waals surface area contributed by atoms with Crippen LogP contribution < -0.4 is 11.1 Å². The quantitative estimate of drug-likeness (QED) is 0.754. The van der Waals surface area contributed by atoms with Gasteiger partial charge in [-0.2, -0.15) is 0 Å². The summed E-state index contributed by atoms with van der Waals surface area (Å²) in [7, 11) is 0. The first-order valence-electron chi connectivity index (χ1n) is 4.74. The molecule has 4 heteroatoms. The van der Waals surface area contributed by atoms with E-state index in [1.165, 1.54) is 0 Å². The van der Waals surface area contributed by atoms with Crippen LogP contribution >= 0.6 is 0 Å². The predicted octanol–water partition coefficient (Wildman–Crippen LogP) is 1.02. The van der Waals surface area contributed by atoms with E-state index in [9.17, 15) is 4.79 Å². The van der Waals surface area contributed by atoms with Gasteiger partial charge in [0, 0.05) is 5.54 Å². The summed E-state index contributed by atoms with van der Waals surface area (Å²) in [5.41, 5.74) is 5.37. The molecule has 0 spiro atoms. The van der Waals surface area contributed by atoms with Crippen LogP contribution in [0, 0.1) is 0 Å². The summed E-state index contributed by atoms with van der Waals surface area (Å²) in [6, 6.07) is 3.38. The van der Waals surface area contributed by atoms with Crippen molar-refractivity contribution in [1.29, 1.82) is 0 Å². The van der Waals surface area contributed by atoms with Crippen LogP contribution in [0.3, 0.4) is 0 Å². The zero-order valence-electron chi connectivity index (χ0n) is 8.17. The summed E-state index contributed by atoms with van der Waals surface area (Å²) in [5.74, 6) is 0.833. The van der Waals surface area contributed by atoms with E-state index < -0.39 is 0 Å². The molecule has 0 bridgehead atoms. The first-order chi connectivity index (χ1) is 6.63. The van der Waals surface area contributed by atoms with Gasteiger partial charge in [-0.15, -0.1) is 0 Å². The van der Waals surface area contributed by atoms with Gasteiger partial charge in [0.25, 0.3) is 5.91 Å². The number of hydrogen-bond acceptors (Lipinski definition) is 3. The number of amides is 1. The van der Waals surface area contributed by atoms with Crippen molar-refractivity contribution in [3.8, 4) is 0 Å². The average molecular weight is 194 g/mol. The molecule has 1 fully saturated rings. The van der Waals surface area contributed by atoms with Crippen LogP contribution in [0.2, 0.25) is 0 Å². The second-order valence-electron chi connectivity index (χ2n) is 3.98. The van der Waals surface area contributed by atoms with Crippen molar-refractivity contribution in [2.75, 3.05) is 0 Å². The summed E-state index contributed by atoms with van der Waals surface area (Å²) in [5, 5.41) is 2.91. The Bertz CT molecular complexity index is 353. The monoisotopic (exact) mass is 194 g/mol. The number of carbonyl (C=O) groups excluding carboxylic acids is 1. The second-order valence-corrected chi connectivity index (χ2v) is 3.98. The molecule has 1 aromatic rings. The number of rotatable bonds is 3. The molecular weight excluding hydrogens is 180 g/mol. The lowest BCUT2D eigenvalue weighted by Crippen LogP contribution is -2.33. The van der Waals surface area contributed by atoms with Gasteiger partial charge in [-0.1, -0.05) is 0 Å². The van der Waals surface area contributed by atoms with Gasteiger partial charge in [-0.25, -0.2) is 0 Å². The van der Waals surface area contributed by atoms with E-state index in [1.54, 1.807) is 12.1 Å². The minimum atomic E-state index is -0.148. The van der Waals surface area contributed by atoms with E-state index in [2.05, 4.69) is 5.32 Å². The number of furan rings is 1. The standard InChI is InChI=1S/C10H14N2O2/c1-10(4-5-10)12-9(13)8-3-2-7(6-11)14-8/h2-3H,4-6,11H2,1H3,(H,12,13). The fourth-order valence-electron chi connectivity index (χ4n) is 1.26. The first-order valence-corrected chi connectivity index (χ1v) is 4.74. The molecule has 0 aliphatic heterocycles. The van der Waals surface area contributed by atoms with Gasteiger partial charge >= 0.3 is 0 Å². The first kappa shape index (κ1) is 9.27. The summed E-state index contributed by atoms with van der Waals surface area (Å²) < 4.78 is 5.23. The lowest BCUT2D eigenvalue weighted by molar-refractivity contribution is 0.0905. The molecule has 76 valence electrons. The Morgan fingerprint density at radius 1 is 1.64 bits per heavy atom. The van der Waals surface area contributed by atoms with Gasteiger partial charge in [0.05, 0.1) is 6.54 Å². The Morgan fingerprint density at radius 3 is 2.86 bits per heavy atom. The van der Waals surface area contributed by atoms with Crippen molar-refractivity contribution in [2.45, 2.75) is 31.8 Å². The Morgan fingerprint density at radius 2 is 2.36 bits per heavy atom. The lowest BCUT2D eigenvalue weighted by Gasteiger charge is -2.08. The summed E-state index contributed by atoms with van der Waals surface area (Å²) in [6.07, 6.45) is 2.09. The van der Waals surface area contributed by atoms with Crippen molar-refractivity contribution >= 4 is 5.91 Å². The smallest absolute Gasteiger partial charge is 0.287 e. The van der Waals surface area contributed by atoms with Crippen LogP contribution in [-0.2, 0) is 6.54 Å². The van der Waals surface area contributed by atoms with Gasteiger partial charge in [-0.05, 0) is 31.9 Å². The predicted molar refractivity (Wildman–Crippen MR) is 51.7 cm³/mol. The fraction of sp³-hybridized carbons (Fsp3) is 0.500. The van der Waals surface area contributed by atoms with Crippen molar-refractivity contribution in [3.05, 3.63) is 23.7 Å². The molecule has 2 rings (SSSR count). The molecular formula is C10H14N2O2. The second kappa shape index (κ2) is 3.13. The van der Waals surface area contributed by atoms with Gasteiger partial charge in [0.15, 0.2) is 5.76 Å². The zero-order chi connectivity index (χ0) is 10.2. The molecule has 14 heavy (non-hydrogen) atoms. The third-order valence-corrected chi connectivity index (χ3v) is 2.50. The highest BCUT2D eigenvalue weighted by Crippen LogP contribution is 2.34.